The van der Waals surface area contributed by atoms with Crippen molar-refractivity contribution in [2.75, 3.05) is 36.0 Å². The molecule has 6 heteroatoms. The summed E-state index contributed by atoms with van der Waals surface area (Å²) in [6.07, 6.45) is 3.75. The van der Waals surface area contributed by atoms with E-state index in [4.69, 9.17) is 0 Å². The molecule has 1 aliphatic rings. The highest BCUT2D eigenvalue weighted by Gasteiger charge is 2.20. The molecule has 0 N–H and O–H groups in total. The number of rotatable bonds is 3. The molecule has 0 saturated carbocycles. The Morgan fingerprint density at radius 3 is 2.24 bits per heavy atom. The molecule has 5 nitrogen and oxygen atoms in total. The second kappa shape index (κ2) is 5.87. The van der Waals surface area contributed by atoms with Crippen LogP contribution in [-0.4, -0.2) is 42.4 Å². The Balaban J connectivity index is 1.67. The summed E-state index contributed by atoms with van der Waals surface area (Å²) in [5, 5.41) is 0. The molecule has 3 rings (SSSR count). The van der Waals surface area contributed by atoms with Crippen LogP contribution >= 0.6 is 0 Å². The summed E-state index contributed by atoms with van der Waals surface area (Å²) < 4.78 is 13.8. The van der Waals surface area contributed by atoms with Gasteiger partial charge in [0.1, 0.15) is 5.82 Å². The van der Waals surface area contributed by atoms with Crippen LogP contribution in [0.3, 0.4) is 0 Å². The van der Waals surface area contributed by atoms with Gasteiger partial charge >= 0.3 is 0 Å². The molecular weight excluding hydrogens is 271 g/mol. The molecule has 2 heterocycles. The predicted octanol–water partition coefficient (Wildman–Crippen LogP) is 1.75. The van der Waals surface area contributed by atoms with E-state index < -0.39 is 0 Å². The predicted molar refractivity (Wildman–Crippen MR) is 78.2 cm³/mol. The zero-order valence-electron chi connectivity index (χ0n) is 11.4. The van der Waals surface area contributed by atoms with Crippen LogP contribution in [-0.2, 0) is 0 Å². The molecule has 0 atom stereocenters. The van der Waals surface area contributed by atoms with E-state index in [9.17, 15) is 9.18 Å². The number of piperazine rings is 1. The number of anilines is 2. The van der Waals surface area contributed by atoms with Crippen molar-refractivity contribution in [3.05, 3.63) is 48.0 Å². The topological polar surface area (TPSA) is 49.3 Å². The smallest absolute Gasteiger partial charge is 0.225 e. The Bertz CT molecular complexity index is 624. The van der Waals surface area contributed by atoms with Gasteiger partial charge in [0, 0.05) is 38.6 Å². The van der Waals surface area contributed by atoms with E-state index in [1.165, 1.54) is 18.5 Å². The maximum absolute atomic E-state index is 13.8. The lowest BCUT2D eigenvalue weighted by Crippen LogP contribution is -2.47. The summed E-state index contributed by atoms with van der Waals surface area (Å²) in [6, 6.07) is 6.80. The quantitative estimate of drug-likeness (QED) is 0.805. The Labute approximate surface area is 122 Å². The van der Waals surface area contributed by atoms with Crippen LogP contribution < -0.4 is 9.80 Å². The minimum absolute atomic E-state index is 0.197. The largest absolute Gasteiger partial charge is 0.366 e. The van der Waals surface area contributed by atoms with E-state index in [0.717, 1.165) is 19.4 Å². The molecule has 1 aromatic heterocycles. The number of nitrogens with zero attached hydrogens (tertiary/aromatic N) is 4. The van der Waals surface area contributed by atoms with Gasteiger partial charge in [0.25, 0.3) is 0 Å². The van der Waals surface area contributed by atoms with Crippen molar-refractivity contribution >= 4 is 17.9 Å². The molecule has 0 unspecified atom stereocenters. The minimum atomic E-state index is -0.197. The maximum Gasteiger partial charge on any atom is 0.225 e. The fourth-order valence-electron chi connectivity index (χ4n) is 2.41. The molecule has 2 aromatic rings. The first-order valence-corrected chi connectivity index (χ1v) is 6.79. The number of hydrogen-bond acceptors (Lipinski definition) is 5. The zero-order valence-corrected chi connectivity index (χ0v) is 11.4. The van der Waals surface area contributed by atoms with Crippen molar-refractivity contribution in [1.29, 1.82) is 0 Å². The summed E-state index contributed by atoms with van der Waals surface area (Å²) in [6.45, 7) is 2.85. The summed E-state index contributed by atoms with van der Waals surface area (Å²) in [7, 11) is 0. The van der Waals surface area contributed by atoms with Gasteiger partial charge in [-0.15, -0.1) is 0 Å². The van der Waals surface area contributed by atoms with Gasteiger partial charge in [-0.05, 0) is 12.1 Å². The van der Waals surface area contributed by atoms with Crippen LogP contribution in [0.5, 0.6) is 0 Å². The zero-order chi connectivity index (χ0) is 14.7. The van der Waals surface area contributed by atoms with Gasteiger partial charge in [-0.2, -0.15) is 0 Å². The van der Waals surface area contributed by atoms with E-state index in [-0.39, 0.29) is 5.82 Å². The van der Waals surface area contributed by atoms with Gasteiger partial charge in [0.2, 0.25) is 5.95 Å². The fraction of sp³-hybridized carbons (Fsp3) is 0.267. The van der Waals surface area contributed by atoms with Crippen LogP contribution in [0.25, 0.3) is 0 Å². The second-order valence-corrected chi connectivity index (χ2v) is 4.86. The van der Waals surface area contributed by atoms with Crippen molar-refractivity contribution < 1.29 is 9.18 Å². The number of halogens is 1. The lowest BCUT2D eigenvalue weighted by atomic mass is 10.2. The second-order valence-electron chi connectivity index (χ2n) is 4.86. The van der Waals surface area contributed by atoms with Crippen LogP contribution in [0.1, 0.15) is 10.4 Å². The molecule has 1 fully saturated rings. The summed E-state index contributed by atoms with van der Waals surface area (Å²) in [4.78, 5) is 23.0. The molecule has 0 spiro atoms. The minimum Gasteiger partial charge on any atom is -0.366 e. The summed E-state index contributed by atoms with van der Waals surface area (Å²) >= 11 is 0. The summed E-state index contributed by atoms with van der Waals surface area (Å²) in [5.74, 6) is 0.409. The standard InChI is InChI=1S/C15H15FN4O/c16-13-3-1-2-4-14(13)19-5-7-20(8-6-19)15-17-9-12(11-21)10-18-15/h1-4,9-11H,5-8H2. The van der Waals surface area contributed by atoms with Crippen molar-refractivity contribution in [1.82, 2.24) is 9.97 Å². The average Bonchev–Trinajstić information content (AvgIpc) is 2.56. The molecule has 21 heavy (non-hydrogen) atoms. The van der Waals surface area contributed by atoms with Gasteiger partial charge in [0.15, 0.2) is 6.29 Å². The maximum atomic E-state index is 13.8. The Morgan fingerprint density at radius 2 is 1.62 bits per heavy atom. The van der Waals surface area contributed by atoms with Gasteiger partial charge in [0.05, 0.1) is 11.3 Å². The van der Waals surface area contributed by atoms with Crippen molar-refractivity contribution in [2.45, 2.75) is 0 Å². The molecule has 108 valence electrons. The van der Waals surface area contributed by atoms with Gasteiger partial charge in [-0.1, -0.05) is 12.1 Å². The first kappa shape index (κ1) is 13.5. The fourth-order valence-corrected chi connectivity index (χ4v) is 2.41. The third kappa shape index (κ3) is 2.84. The SMILES string of the molecule is O=Cc1cnc(N2CCN(c3ccccc3F)CC2)nc1. The number of carbonyl (C=O) groups excluding carboxylic acids is 1. The average molecular weight is 286 g/mol. The summed E-state index contributed by atoms with van der Waals surface area (Å²) in [5.41, 5.74) is 1.10. The van der Waals surface area contributed by atoms with E-state index >= 15 is 0 Å². The van der Waals surface area contributed by atoms with Gasteiger partial charge < -0.3 is 9.80 Å². The molecule has 0 amide bonds. The van der Waals surface area contributed by atoms with Crippen LogP contribution in [0.15, 0.2) is 36.7 Å². The highest BCUT2D eigenvalue weighted by atomic mass is 19.1. The van der Waals surface area contributed by atoms with E-state index in [1.54, 1.807) is 12.1 Å². The Kier molecular flexibility index (Phi) is 3.77. The van der Waals surface area contributed by atoms with Crippen molar-refractivity contribution in [2.24, 2.45) is 0 Å². The number of para-hydroxylation sites is 1. The third-order valence-electron chi connectivity index (χ3n) is 3.55. The number of aldehydes is 1. The monoisotopic (exact) mass is 286 g/mol. The van der Waals surface area contributed by atoms with E-state index in [2.05, 4.69) is 9.97 Å². The molecular formula is C15H15FN4O. The molecule has 0 aliphatic carbocycles. The van der Waals surface area contributed by atoms with Gasteiger partial charge in [-0.3, -0.25) is 4.79 Å². The van der Waals surface area contributed by atoms with Crippen molar-refractivity contribution in [3.8, 4) is 0 Å². The first-order valence-electron chi connectivity index (χ1n) is 6.79. The lowest BCUT2D eigenvalue weighted by Gasteiger charge is -2.36. The number of aromatic nitrogens is 2. The molecule has 1 saturated heterocycles. The molecule has 0 bridgehead atoms. The number of hydrogen-bond donors (Lipinski definition) is 0. The van der Waals surface area contributed by atoms with E-state index in [0.29, 0.717) is 30.3 Å². The number of carbonyl (C=O) groups is 1. The highest BCUT2D eigenvalue weighted by Crippen LogP contribution is 2.21. The van der Waals surface area contributed by atoms with Gasteiger partial charge in [-0.25, -0.2) is 14.4 Å². The van der Waals surface area contributed by atoms with Crippen LogP contribution in [0, 0.1) is 5.82 Å². The Morgan fingerprint density at radius 1 is 1.00 bits per heavy atom. The molecule has 1 aromatic carbocycles. The van der Waals surface area contributed by atoms with Crippen LogP contribution in [0.4, 0.5) is 16.0 Å². The lowest BCUT2D eigenvalue weighted by molar-refractivity contribution is 0.112. The molecule has 1 aliphatic heterocycles. The normalized spacial score (nSPS) is 15.1. The Hall–Kier alpha value is -2.50. The third-order valence-corrected chi connectivity index (χ3v) is 3.55. The molecule has 0 radical (unpaired) electrons. The highest BCUT2D eigenvalue weighted by molar-refractivity contribution is 5.73. The first-order chi connectivity index (χ1) is 10.3. The van der Waals surface area contributed by atoms with Crippen molar-refractivity contribution in [3.63, 3.8) is 0 Å². The van der Waals surface area contributed by atoms with E-state index in [1.807, 2.05) is 15.9 Å². The van der Waals surface area contributed by atoms with Crippen LogP contribution in [0.2, 0.25) is 0 Å². The number of benzene rings is 1.